The van der Waals surface area contributed by atoms with Crippen LogP contribution in [0.3, 0.4) is 0 Å². The third kappa shape index (κ3) is 3.93. The van der Waals surface area contributed by atoms with Gasteiger partial charge in [-0.15, -0.1) is 0 Å². The van der Waals surface area contributed by atoms with Crippen molar-refractivity contribution < 1.29 is 18.0 Å². The average molecular weight is 471 g/mol. The van der Waals surface area contributed by atoms with Gasteiger partial charge in [0.05, 0.1) is 11.3 Å². The van der Waals surface area contributed by atoms with Crippen LogP contribution in [0.5, 0.6) is 0 Å². The van der Waals surface area contributed by atoms with E-state index >= 15 is 0 Å². The number of amides is 1. The number of carbonyl (C=O) groups excluding carboxylic acids is 1. The second-order valence-electron chi connectivity index (χ2n) is 6.55. The first-order chi connectivity index (χ1) is 13.5. The molecule has 0 aliphatic heterocycles. The molecule has 1 amide bonds. The first-order valence-corrected chi connectivity index (χ1v) is 9.57. The molecular formula is C19H18BrF3N4O2. The fourth-order valence-electron chi connectivity index (χ4n) is 3.08. The Balaban J connectivity index is 1.95. The fourth-order valence-corrected chi connectivity index (χ4v) is 3.75. The normalized spacial score (nSPS) is 11.8. The molecule has 1 aromatic carbocycles. The van der Waals surface area contributed by atoms with Crippen LogP contribution >= 0.6 is 15.9 Å². The molecule has 2 aromatic heterocycles. The zero-order valence-electron chi connectivity index (χ0n) is 15.9. The maximum absolute atomic E-state index is 12.7. The number of benzene rings is 1. The maximum atomic E-state index is 12.7. The number of aryl methyl sites for hydroxylation is 2. The van der Waals surface area contributed by atoms with Crippen molar-refractivity contribution in [3.63, 3.8) is 0 Å². The van der Waals surface area contributed by atoms with Gasteiger partial charge in [0, 0.05) is 17.1 Å². The summed E-state index contributed by atoms with van der Waals surface area (Å²) in [5, 5.41) is 2.58. The van der Waals surface area contributed by atoms with Crippen molar-refractivity contribution in [2.45, 2.75) is 39.9 Å². The number of nitrogens with one attached hydrogen (secondary N) is 1. The van der Waals surface area contributed by atoms with E-state index in [-0.39, 0.29) is 17.8 Å². The van der Waals surface area contributed by atoms with E-state index in [2.05, 4.69) is 26.2 Å². The number of hydrogen-bond acceptors (Lipinski definition) is 3. The van der Waals surface area contributed by atoms with Crippen LogP contribution < -0.4 is 10.9 Å². The molecule has 3 rings (SSSR count). The van der Waals surface area contributed by atoms with Crippen LogP contribution in [0.2, 0.25) is 0 Å². The van der Waals surface area contributed by atoms with Crippen molar-refractivity contribution in [1.29, 1.82) is 0 Å². The molecule has 29 heavy (non-hydrogen) atoms. The maximum Gasteiger partial charge on any atom is 0.416 e. The molecule has 0 aliphatic carbocycles. The number of aromatic nitrogens is 3. The number of rotatable bonds is 4. The summed E-state index contributed by atoms with van der Waals surface area (Å²) in [4.78, 5) is 29.7. The number of fused-ring (bicyclic) bond motifs is 1. The standard InChI is InChI=1S/C19H18BrF3N4O2/c1-4-14-16(20)17(29)27-11(3)10(2)24-18(27)26(14)9-15(28)25-13-7-5-12(6-8-13)19(21,22)23/h5-8H,4,9H2,1-3H3,(H,25,28). The summed E-state index contributed by atoms with van der Waals surface area (Å²) in [5.74, 6) is -0.108. The average Bonchev–Trinajstić information content (AvgIpc) is 2.94. The predicted octanol–water partition coefficient (Wildman–Crippen LogP) is 4.10. The lowest BCUT2D eigenvalue weighted by Crippen LogP contribution is -2.27. The van der Waals surface area contributed by atoms with E-state index in [1.54, 1.807) is 18.4 Å². The van der Waals surface area contributed by atoms with Gasteiger partial charge in [0.25, 0.3) is 5.56 Å². The number of imidazole rings is 1. The lowest BCUT2D eigenvalue weighted by atomic mass is 10.2. The number of halogens is 4. The minimum absolute atomic E-state index is 0.150. The van der Waals surface area contributed by atoms with E-state index in [4.69, 9.17) is 0 Å². The third-order valence-corrected chi connectivity index (χ3v) is 5.47. The van der Waals surface area contributed by atoms with Gasteiger partial charge in [-0.2, -0.15) is 13.2 Å². The lowest BCUT2D eigenvalue weighted by molar-refractivity contribution is -0.137. The first-order valence-electron chi connectivity index (χ1n) is 8.78. The van der Waals surface area contributed by atoms with Crippen molar-refractivity contribution in [2.75, 3.05) is 5.32 Å². The number of nitrogens with zero attached hydrogens (tertiary/aromatic N) is 3. The van der Waals surface area contributed by atoms with E-state index in [0.29, 0.717) is 33.8 Å². The van der Waals surface area contributed by atoms with Gasteiger partial charge in [-0.1, -0.05) is 6.92 Å². The van der Waals surface area contributed by atoms with Crippen LogP contribution in [0, 0.1) is 13.8 Å². The zero-order chi connectivity index (χ0) is 21.5. The molecule has 1 N–H and O–H groups in total. The molecular weight excluding hydrogens is 453 g/mol. The summed E-state index contributed by atoms with van der Waals surface area (Å²) < 4.78 is 41.4. The quantitative estimate of drug-likeness (QED) is 0.624. The molecule has 6 nitrogen and oxygen atoms in total. The van der Waals surface area contributed by atoms with Crippen molar-refractivity contribution in [3.8, 4) is 0 Å². The van der Waals surface area contributed by atoms with E-state index in [0.717, 1.165) is 12.1 Å². The van der Waals surface area contributed by atoms with Crippen LogP contribution in [-0.4, -0.2) is 19.9 Å². The smallest absolute Gasteiger partial charge is 0.325 e. The Morgan fingerprint density at radius 3 is 2.38 bits per heavy atom. The lowest BCUT2D eigenvalue weighted by Gasteiger charge is -2.16. The molecule has 0 unspecified atom stereocenters. The van der Waals surface area contributed by atoms with Gasteiger partial charge in [-0.3, -0.25) is 9.59 Å². The van der Waals surface area contributed by atoms with Gasteiger partial charge in [0.15, 0.2) is 0 Å². The molecule has 0 fully saturated rings. The number of anilines is 1. The molecule has 0 bridgehead atoms. The van der Waals surface area contributed by atoms with Crippen LogP contribution in [0.4, 0.5) is 18.9 Å². The Morgan fingerprint density at radius 2 is 1.83 bits per heavy atom. The first kappa shape index (κ1) is 21.1. The highest BCUT2D eigenvalue weighted by Crippen LogP contribution is 2.29. The summed E-state index contributed by atoms with van der Waals surface area (Å²) in [6, 6.07) is 4.20. The highest BCUT2D eigenvalue weighted by molar-refractivity contribution is 9.10. The third-order valence-electron chi connectivity index (χ3n) is 4.67. The second-order valence-corrected chi connectivity index (χ2v) is 7.34. The summed E-state index contributed by atoms with van der Waals surface area (Å²) in [6.45, 7) is 5.24. The molecule has 0 atom stereocenters. The Morgan fingerprint density at radius 1 is 1.21 bits per heavy atom. The minimum Gasteiger partial charge on any atom is -0.325 e. The monoisotopic (exact) mass is 470 g/mol. The number of alkyl halides is 3. The fraction of sp³-hybridized carbons (Fsp3) is 0.316. The van der Waals surface area contributed by atoms with Gasteiger partial charge in [0.1, 0.15) is 11.0 Å². The Kier molecular flexibility index (Phi) is 5.57. The van der Waals surface area contributed by atoms with Gasteiger partial charge in [-0.05, 0) is 60.5 Å². The highest BCUT2D eigenvalue weighted by atomic mass is 79.9. The van der Waals surface area contributed by atoms with E-state index in [1.165, 1.54) is 16.5 Å². The van der Waals surface area contributed by atoms with Gasteiger partial charge in [0.2, 0.25) is 11.7 Å². The summed E-state index contributed by atoms with van der Waals surface area (Å²) in [7, 11) is 0. The van der Waals surface area contributed by atoms with Crippen LogP contribution in [0.15, 0.2) is 33.5 Å². The number of hydrogen-bond donors (Lipinski definition) is 1. The molecule has 0 radical (unpaired) electrons. The Labute approximate surface area is 172 Å². The Bertz CT molecular complexity index is 1150. The molecule has 0 spiro atoms. The highest BCUT2D eigenvalue weighted by Gasteiger charge is 2.30. The van der Waals surface area contributed by atoms with Gasteiger partial charge < -0.3 is 9.88 Å². The number of carbonyl (C=O) groups is 1. The van der Waals surface area contributed by atoms with Crippen molar-refractivity contribution >= 4 is 33.3 Å². The molecule has 0 aliphatic rings. The van der Waals surface area contributed by atoms with Crippen LogP contribution in [0.1, 0.15) is 29.6 Å². The van der Waals surface area contributed by atoms with Gasteiger partial charge in [-0.25, -0.2) is 9.38 Å². The van der Waals surface area contributed by atoms with Gasteiger partial charge >= 0.3 is 6.18 Å². The minimum atomic E-state index is -4.44. The van der Waals surface area contributed by atoms with E-state index in [9.17, 15) is 22.8 Å². The van der Waals surface area contributed by atoms with Crippen LogP contribution in [0.25, 0.3) is 5.78 Å². The van der Waals surface area contributed by atoms with Crippen LogP contribution in [-0.2, 0) is 23.9 Å². The Hall–Kier alpha value is -2.62. The molecule has 2 heterocycles. The largest absolute Gasteiger partial charge is 0.416 e. The second kappa shape index (κ2) is 7.66. The van der Waals surface area contributed by atoms with E-state index in [1.807, 2.05) is 6.92 Å². The van der Waals surface area contributed by atoms with Crippen molar-refractivity contribution in [1.82, 2.24) is 14.0 Å². The molecule has 154 valence electrons. The van der Waals surface area contributed by atoms with Crippen molar-refractivity contribution in [3.05, 3.63) is 61.7 Å². The summed E-state index contributed by atoms with van der Waals surface area (Å²) in [6.07, 6.45) is -3.96. The summed E-state index contributed by atoms with van der Waals surface area (Å²) >= 11 is 3.32. The van der Waals surface area contributed by atoms with Crippen molar-refractivity contribution in [2.24, 2.45) is 0 Å². The molecule has 3 aromatic rings. The van der Waals surface area contributed by atoms with E-state index < -0.39 is 17.6 Å². The molecule has 0 saturated heterocycles. The predicted molar refractivity (Wildman–Crippen MR) is 106 cm³/mol. The molecule has 10 heteroatoms. The topological polar surface area (TPSA) is 68.4 Å². The SMILES string of the molecule is CCc1c(Br)c(=O)n2c(C)c(C)nc2n1CC(=O)Nc1ccc(C(F)(F)F)cc1. The molecule has 0 saturated carbocycles. The zero-order valence-corrected chi connectivity index (χ0v) is 17.5. The summed E-state index contributed by atoms with van der Waals surface area (Å²) in [5.41, 5.74) is 1.14.